The molecule has 0 N–H and O–H groups in total. The van der Waals surface area contributed by atoms with Crippen LogP contribution in [-0.2, 0) is 4.74 Å². The van der Waals surface area contributed by atoms with Gasteiger partial charge >= 0.3 is 0 Å². The minimum Gasteiger partial charge on any atom is -0.376 e. The van der Waals surface area contributed by atoms with Crippen LogP contribution in [0.5, 0.6) is 0 Å². The van der Waals surface area contributed by atoms with Crippen LogP contribution in [0, 0.1) is 5.92 Å². The first-order valence-electron chi connectivity index (χ1n) is 4.34. The molecule has 0 spiro atoms. The Bertz CT molecular complexity index is 213. The van der Waals surface area contributed by atoms with Gasteiger partial charge in [0.05, 0.1) is 13.2 Å². The van der Waals surface area contributed by atoms with Crippen LogP contribution < -0.4 is 0 Å². The van der Waals surface area contributed by atoms with Gasteiger partial charge in [0.2, 0.25) is 0 Å². The Morgan fingerprint density at radius 1 is 1.55 bits per heavy atom. The van der Waals surface area contributed by atoms with Crippen LogP contribution in [0.25, 0.3) is 0 Å². The first-order chi connectivity index (χ1) is 5.38. The second-order valence-corrected chi connectivity index (χ2v) is 3.41. The maximum Gasteiger partial charge on any atom is 0.0716 e. The van der Waals surface area contributed by atoms with Gasteiger partial charge in [-0.3, -0.25) is 0 Å². The van der Waals surface area contributed by atoms with Gasteiger partial charge in [-0.2, -0.15) is 0 Å². The third kappa shape index (κ3) is 1.25. The predicted octanol–water partition coefficient (Wildman–Crippen LogP) is 2.30. The molecule has 0 amide bonds. The van der Waals surface area contributed by atoms with Crippen molar-refractivity contribution in [1.29, 1.82) is 0 Å². The largest absolute Gasteiger partial charge is 0.376 e. The Hall–Kier alpha value is -0.560. The molecule has 2 rings (SSSR count). The van der Waals surface area contributed by atoms with Crippen LogP contribution in [-0.4, -0.2) is 13.2 Å². The summed E-state index contributed by atoms with van der Waals surface area (Å²) in [5, 5.41) is 0. The van der Waals surface area contributed by atoms with Crippen LogP contribution in [0.15, 0.2) is 23.3 Å². The summed E-state index contributed by atoms with van der Waals surface area (Å²) in [4.78, 5) is 0. The number of hydrogen-bond acceptors (Lipinski definition) is 1. The highest BCUT2D eigenvalue weighted by Gasteiger charge is 2.19. The van der Waals surface area contributed by atoms with Gasteiger partial charge in [0.1, 0.15) is 0 Å². The van der Waals surface area contributed by atoms with Crippen molar-refractivity contribution in [3.63, 3.8) is 0 Å². The van der Waals surface area contributed by atoms with Crippen LogP contribution in [0.4, 0.5) is 0 Å². The van der Waals surface area contributed by atoms with E-state index < -0.39 is 0 Å². The molecule has 1 aliphatic carbocycles. The van der Waals surface area contributed by atoms with Crippen molar-refractivity contribution in [2.75, 3.05) is 13.2 Å². The predicted molar refractivity (Wildman–Crippen MR) is 45.4 cm³/mol. The zero-order valence-electron chi connectivity index (χ0n) is 6.97. The Labute approximate surface area is 67.7 Å². The lowest BCUT2D eigenvalue weighted by Crippen LogP contribution is -2.20. The molecule has 2 aliphatic rings. The highest BCUT2D eigenvalue weighted by atomic mass is 16.5. The molecule has 0 fully saturated rings. The summed E-state index contributed by atoms with van der Waals surface area (Å²) in [6.45, 7) is 4.02. The van der Waals surface area contributed by atoms with E-state index in [1.807, 2.05) is 0 Å². The van der Waals surface area contributed by atoms with Crippen molar-refractivity contribution in [3.8, 4) is 0 Å². The second kappa shape index (κ2) is 2.82. The van der Waals surface area contributed by atoms with Crippen LogP contribution in [0.1, 0.15) is 19.8 Å². The monoisotopic (exact) mass is 150 g/mol. The highest BCUT2D eigenvalue weighted by Crippen LogP contribution is 2.29. The van der Waals surface area contributed by atoms with E-state index in [2.05, 4.69) is 19.1 Å². The average Bonchev–Trinajstić information content (AvgIpc) is 2.06. The number of ether oxygens (including phenoxy) is 1. The van der Waals surface area contributed by atoms with Gasteiger partial charge in [-0.05, 0) is 18.4 Å². The zero-order chi connectivity index (χ0) is 7.68. The summed E-state index contributed by atoms with van der Waals surface area (Å²) < 4.78 is 5.44. The van der Waals surface area contributed by atoms with E-state index in [1.54, 1.807) is 5.57 Å². The fourth-order valence-corrected chi connectivity index (χ4v) is 1.88. The molecule has 0 aromatic carbocycles. The summed E-state index contributed by atoms with van der Waals surface area (Å²) in [5.41, 5.74) is 3.08. The molecule has 1 nitrogen and oxygen atoms in total. The Morgan fingerprint density at radius 3 is 3.27 bits per heavy atom. The maximum absolute atomic E-state index is 5.44. The van der Waals surface area contributed by atoms with Crippen molar-refractivity contribution >= 4 is 0 Å². The SMILES string of the molecule is CC1COCC2=C1CCC=C2. The molecule has 0 radical (unpaired) electrons. The minimum atomic E-state index is 0.656. The molecule has 11 heavy (non-hydrogen) atoms. The molecular weight excluding hydrogens is 136 g/mol. The highest BCUT2D eigenvalue weighted by molar-refractivity contribution is 5.32. The van der Waals surface area contributed by atoms with Gasteiger partial charge in [-0.15, -0.1) is 0 Å². The summed E-state index contributed by atoms with van der Waals surface area (Å²) >= 11 is 0. The molecule has 60 valence electrons. The third-order valence-electron chi connectivity index (χ3n) is 2.53. The molecule has 1 aliphatic heterocycles. The number of hydrogen-bond donors (Lipinski definition) is 0. The van der Waals surface area contributed by atoms with Gasteiger partial charge in [-0.1, -0.05) is 24.6 Å². The second-order valence-electron chi connectivity index (χ2n) is 3.41. The van der Waals surface area contributed by atoms with Gasteiger partial charge in [-0.25, -0.2) is 0 Å². The van der Waals surface area contributed by atoms with Crippen LogP contribution in [0.2, 0.25) is 0 Å². The molecule has 1 atom stereocenters. The lowest BCUT2D eigenvalue weighted by Gasteiger charge is -2.26. The van der Waals surface area contributed by atoms with Crippen molar-refractivity contribution < 1.29 is 4.74 Å². The van der Waals surface area contributed by atoms with Crippen molar-refractivity contribution in [2.45, 2.75) is 19.8 Å². The summed E-state index contributed by atoms with van der Waals surface area (Å²) in [7, 11) is 0. The van der Waals surface area contributed by atoms with E-state index in [9.17, 15) is 0 Å². The average molecular weight is 150 g/mol. The fraction of sp³-hybridized carbons (Fsp3) is 0.600. The van der Waals surface area contributed by atoms with Gasteiger partial charge in [0.15, 0.2) is 0 Å². The minimum absolute atomic E-state index is 0.656. The van der Waals surface area contributed by atoms with E-state index in [4.69, 9.17) is 4.74 Å². The first kappa shape index (κ1) is 7.11. The first-order valence-corrected chi connectivity index (χ1v) is 4.34. The lowest BCUT2D eigenvalue weighted by molar-refractivity contribution is 0.118. The molecule has 0 saturated carbocycles. The maximum atomic E-state index is 5.44. The standard InChI is InChI=1S/C10H14O/c1-8-6-11-7-9-4-2-3-5-10(8)9/h2,4,8H,3,5-7H2,1H3. The lowest BCUT2D eigenvalue weighted by atomic mass is 9.87. The van der Waals surface area contributed by atoms with E-state index in [0.717, 1.165) is 13.2 Å². The number of rotatable bonds is 0. The fourth-order valence-electron chi connectivity index (χ4n) is 1.88. The molecule has 1 heteroatoms. The third-order valence-corrected chi connectivity index (χ3v) is 2.53. The van der Waals surface area contributed by atoms with Gasteiger partial charge < -0.3 is 4.74 Å². The van der Waals surface area contributed by atoms with Crippen LogP contribution >= 0.6 is 0 Å². The van der Waals surface area contributed by atoms with E-state index >= 15 is 0 Å². The van der Waals surface area contributed by atoms with Gasteiger partial charge in [0, 0.05) is 5.92 Å². The quantitative estimate of drug-likeness (QED) is 0.515. The molecule has 1 heterocycles. The Morgan fingerprint density at radius 2 is 2.45 bits per heavy atom. The Kier molecular flexibility index (Phi) is 1.82. The van der Waals surface area contributed by atoms with E-state index in [-0.39, 0.29) is 0 Å². The summed E-state index contributed by atoms with van der Waals surface area (Å²) in [6.07, 6.45) is 6.97. The van der Waals surface area contributed by atoms with Crippen molar-refractivity contribution in [2.24, 2.45) is 5.92 Å². The van der Waals surface area contributed by atoms with Crippen LogP contribution in [0.3, 0.4) is 0 Å². The number of allylic oxidation sites excluding steroid dienone is 1. The smallest absolute Gasteiger partial charge is 0.0716 e. The zero-order valence-corrected chi connectivity index (χ0v) is 6.97. The molecule has 0 aromatic heterocycles. The topological polar surface area (TPSA) is 9.23 Å². The van der Waals surface area contributed by atoms with Crippen molar-refractivity contribution in [1.82, 2.24) is 0 Å². The van der Waals surface area contributed by atoms with E-state index in [0.29, 0.717) is 5.92 Å². The molecular formula is C10H14O. The molecule has 0 aromatic rings. The van der Waals surface area contributed by atoms with E-state index in [1.165, 1.54) is 18.4 Å². The normalized spacial score (nSPS) is 30.5. The van der Waals surface area contributed by atoms with Crippen molar-refractivity contribution in [3.05, 3.63) is 23.3 Å². The summed E-state index contributed by atoms with van der Waals surface area (Å²) in [6, 6.07) is 0. The summed E-state index contributed by atoms with van der Waals surface area (Å²) in [5.74, 6) is 0.656. The molecule has 0 saturated heterocycles. The van der Waals surface area contributed by atoms with Gasteiger partial charge in [0.25, 0.3) is 0 Å². The Balaban J connectivity index is 2.28. The molecule has 1 unspecified atom stereocenters. The molecule has 0 bridgehead atoms.